The van der Waals surface area contributed by atoms with E-state index >= 15 is 0 Å². The van der Waals surface area contributed by atoms with E-state index in [2.05, 4.69) is 18.0 Å². The van der Waals surface area contributed by atoms with E-state index in [4.69, 9.17) is 10.5 Å². The van der Waals surface area contributed by atoms with Crippen molar-refractivity contribution < 1.29 is 4.74 Å². The lowest BCUT2D eigenvalue weighted by Gasteiger charge is -2.14. The Balaban J connectivity index is 2.01. The molecule has 2 rings (SSSR count). The van der Waals surface area contributed by atoms with E-state index in [1.807, 2.05) is 6.07 Å². The molecule has 0 amide bonds. The summed E-state index contributed by atoms with van der Waals surface area (Å²) in [7, 11) is 2.10. The number of hydrogen-bond donors (Lipinski definition) is 1. The van der Waals surface area contributed by atoms with Crippen molar-refractivity contribution in [2.75, 3.05) is 25.9 Å². The average Bonchev–Trinajstić information content (AvgIpc) is 2.56. The first-order valence-electron chi connectivity index (χ1n) is 4.86. The van der Waals surface area contributed by atoms with E-state index in [1.54, 1.807) is 12.1 Å². The van der Waals surface area contributed by atoms with Gasteiger partial charge in [0.15, 0.2) is 0 Å². The molecule has 1 fully saturated rings. The molecule has 75 valence electrons. The molecule has 1 aromatic carbocycles. The third-order valence-electron chi connectivity index (χ3n) is 2.50. The third-order valence-corrected chi connectivity index (χ3v) is 2.50. The largest absolute Gasteiger partial charge is 0.487 e. The van der Waals surface area contributed by atoms with E-state index in [0.29, 0.717) is 5.69 Å². The van der Waals surface area contributed by atoms with Crippen molar-refractivity contribution in [2.45, 2.75) is 12.5 Å². The van der Waals surface area contributed by atoms with Crippen molar-refractivity contribution in [3.05, 3.63) is 24.3 Å². The van der Waals surface area contributed by atoms with Crippen molar-refractivity contribution in [1.82, 2.24) is 4.90 Å². The standard InChI is InChI=1S/C11H15N2O/c1-13-7-6-9(8-13)14-11-5-3-2-4-10(11)12/h2,4-5,9H,6-8,12H2,1H3/t9-/m0/s1. The van der Waals surface area contributed by atoms with Gasteiger partial charge in [-0.25, -0.2) is 0 Å². The summed E-state index contributed by atoms with van der Waals surface area (Å²) in [5.41, 5.74) is 6.47. The topological polar surface area (TPSA) is 38.5 Å². The monoisotopic (exact) mass is 191 g/mol. The van der Waals surface area contributed by atoms with Crippen LogP contribution in [-0.2, 0) is 0 Å². The maximum Gasteiger partial charge on any atom is 0.143 e. The molecule has 0 bridgehead atoms. The number of benzene rings is 1. The molecular formula is C11H15N2O. The van der Waals surface area contributed by atoms with Crippen LogP contribution < -0.4 is 10.5 Å². The smallest absolute Gasteiger partial charge is 0.143 e. The molecule has 0 saturated carbocycles. The normalized spacial score (nSPS) is 22.5. The fourth-order valence-electron chi connectivity index (χ4n) is 1.70. The Morgan fingerprint density at radius 2 is 2.50 bits per heavy atom. The van der Waals surface area contributed by atoms with Crippen LogP contribution in [0, 0.1) is 6.07 Å². The Morgan fingerprint density at radius 3 is 3.14 bits per heavy atom. The van der Waals surface area contributed by atoms with Gasteiger partial charge >= 0.3 is 0 Å². The molecule has 0 aliphatic carbocycles. The van der Waals surface area contributed by atoms with Crippen LogP contribution in [-0.4, -0.2) is 31.1 Å². The van der Waals surface area contributed by atoms with Gasteiger partial charge in [-0.3, -0.25) is 0 Å². The zero-order valence-corrected chi connectivity index (χ0v) is 8.36. The van der Waals surface area contributed by atoms with Crippen molar-refractivity contribution in [3.8, 4) is 5.75 Å². The van der Waals surface area contributed by atoms with Gasteiger partial charge in [0.05, 0.1) is 5.69 Å². The number of likely N-dealkylation sites (N-methyl/N-ethyl adjacent to an activating group) is 1. The first kappa shape index (κ1) is 9.34. The summed E-state index contributed by atoms with van der Waals surface area (Å²) in [6, 6.07) is 8.38. The summed E-state index contributed by atoms with van der Waals surface area (Å²) in [5, 5.41) is 0. The summed E-state index contributed by atoms with van der Waals surface area (Å²) in [6.07, 6.45) is 1.35. The highest BCUT2D eigenvalue weighted by atomic mass is 16.5. The van der Waals surface area contributed by atoms with Gasteiger partial charge in [-0.15, -0.1) is 0 Å². The molecule has 0 unspecified atom stereocenters. The zero-order valence-electron chi connectivity index (χ0n) is 8.36. The van der Waals surface area contributed by atoms with Gasteiger partial charge in [0.25, 0.3) is 0 Å². The molecule has 1 aliphatic rings. The van der Waals surface area contributed by atoms with E-state index < -0.39 is 0 Å². The molecule has 1 radical (unpaired) electrons. The third kappa shape index (κ3) is 1.99. The fourth-order valence-corrected chi connectivity index (χ4v) is 1.70. The SMILES string of the molecule is CN1CC[C@H](Oc2c[c]ccc2N)C1. The molecule has 2 N–H and O–H groups in total. The maximum atomic E-state index is 5.78. The number of nitrogens with two attached hydrogens (primary N) is 1. The van der Waals surface area contributed by atoms with E-state index in [-0.39, 0.29) is 6.10 Å². The number of ether oxygens (including phenoxy) is 1. The minimum absolute atomic E-state index is 0.276. The summed E-state index contributed by atoms with van der Waals surface area (Å²) in [5.74, 6) is 0.757. The molecule has 1 saturated heterocycles. The molecule has 3 nitrogen and oxygen atoms in total. The lowest BCUT2D eigenvalue weighted by atomic mass is 10.3. The highest BCUT2D eigenvalue weighted by Gasteiger charge is 2.21. The quantitative estimate of drug-likeness (QED) is 0.713. The van der Waals surface area contributed by atoms with Crippen molar-refractivity contribution >= 4 is 5.69 Å². The molecule has 1 atom stereocenters. The Hall–Kier alpha value is -1.22. The fraction of sp³-hybridized carbons (Fsp3) is 0.455. The molecule has 14 heavy (non-hydrogen) atoms. The lowest BCUT2D eigenvalue weighted by molar-refractivity contribution is 0.209. The first-order valence-corrected chi connectivity index (χ1v) is 4.86. The number of hydrogen-bond acceptors (Lipinski definition) is 3. The Morgan fingerprint density at radius 1 is 1.64 bits per heavy atom. The van der Waals surface area contributed by atoms with E-state index in [9.17, 15) is 0 Å². The molecular weight excluding hydrogens is 176 g/mol. The minimum Gasteiger partial charge on any atom is -0.487 e. The Kier molecular flexibility index (Phi) is 2.59. The first-order chi connectivity index (χ1) is 6.75. The van der Waals surface area contributed by atoms with Crippen molar-refractivity contribution in [3.63, 3.8) is 0 Å². The van der Waals surface area contributed by atoms with Crippen LogP contribution in [0.25, 0.3) is 0 Å². The average molecular weight is 191 g/mol. The van der Waals surface area contributed by atoms with Crippen LogP contribution in [0.2, 0.25) is 0 Å². The molecule has 0 aromatic heterocycles. The number of anilines is 1. The van der Waals surface area contributed by atoms with Gasteiger partial charge in [-0.1, -0.05) is 6.07 Å². The minimum atomic E-state index is 0.276. The predicted octanol–water partition coefficient (Wildman–Crippen LogP) is 1.15. The summed E-state index contributed by atoms with van der Waals surface area (Å²) >= 11 is 0. The Labute approximate surface area is 84.5 Å². The van der Waals surface area contributed by atoms with Crippen LogP contribution in [0.3, 0.4) is 0 Å². The van der Waals surface area contributed by atoms with Crippen molar-refractivity contribution in [2.24, 2.45) is 0 Å². The van der Waals surface area contributed by atoms with Crippen LogP contribution in [0.15, 0.2) is 18.2 Å². The Bertz CT molecular complexity index is 314. The highest BCUT2D eigenvalue weighted by Crippen LogP contribution is 2.23. The number of nitrogen functional groups attached to an aromatic ring is 1. The van der Waals surface area contributed by atoms with E-state index in [1.165, 1.54) is 0 Å². The molecule has 3 heteroatoms. The van der Waals surface area contributed by atoms with Gasteiger partial charge in [0.2, 0.25) is 0 Å². The van der Waals surface area contributed by atoms with Gasteiger partial charge in [-0.2, -0.15) is 0 Å². The zero-order chi connectivity index (χ0) is 9.97. The van der Waals surface area contributed by atoms with Crippen molar-refractivity contribution in [1.29, 1.82) is 0 Å². The van der Waals surface area contributed by atoms with Crippen LogP contribution in [0.5, 0.6) is 5.75 Å². The van der Waals surface area contributed by atoms with E-state index in [0.717, 1.165) is 25.3 Å². The molecule has 1 aliphatic heterocycles. The van der Waals surface area contributed by atoms with Crippen LogP contribution >= 0.6 is 0 Å². The molecule has 0 spiro atoms. The second-order valence-corrected chi connectivity index (χ2v) is 3.75. The van der Waals surface area contributed by atoms with Gasteiger partial charge in [0.1, 0.15) is 11.9 Å². The second kappa shape index (κ2) is 3.88. The van der Waals surface area contributed by atoms with Gasteiger partial charge in [0, 0.05) is 13.1 Å². The summed E-state index contributed by atoms with van der Waals surface area (Å²) < 4.78 is 5.78. The van der Waals surface area contributed by atoms with Crippen LogP contribution in [0.4, 0.5) is 5.69 Å². The summed E-state index contributed by atoms with van der Waals surface area (Å²) in [4.78, 5) is 2.26. The summed E-state index contributed by atoms with van der Waals surface area (Å²) in [6.45, 7) is 2.08. The number of likely N-dealkylation sites (tertiary alicyclic amines) is 1. The molecule has 1 aromatic rings. The second-order valence-electron chi connectivity index (χ2n) is 3.75. The lowest BCUT2D eigenvalue weighted by Crippen LogP contribution is -2.21. The highest BCUT2D eigenvalue weighted by molar-refractivity contribution is 5.51. The maximum absolute atomic E-state index is 5.78. The van der Waals surface area contributed by atoms with Gasteiger partial charge < -0.3 is 15.4 Å². The number of rotatable bonds is 2. The van der Waals surface area contributed by atoms with Gasteiger partial charge in [-0.05, 0) is 31.7 Å². The predicted molar refractivity (Wildman–Crippen MR) is 56.2 cm³/mol. The van der Waals surface area contributed by atoms with Crippen LogP contribution in [0.1, 0.15) is 6.42 Å². The molecule has 1 heterocycles. The number of nitrogens with zero attached hydrogens (tertiary/aromatic N) is 1.